The molecule has 0 saturated carbocycles. The third-order valence-corrected chi connectivity index (χ3v) is 0. The minimum atomic E-state index is 0. The van der Waals surface area contributed by atoms with Crippen LogP contribution >= 0.6 is 13.5 Å². The van der Waals surface area contributed by atoms with E-state index < -0.39 is 0 Å². The molecular weight excluding hydrogens is 316 g/mol. The van der Waals surface area contributed by atoms with Gasteiger partial charge >= 0.3 is 42.9 Å². The van der Waals surface area contributed by atoms with Crippen LogP contribution in [0.1, 0.15) is 0 Å². The van der Waals surface area contributed by atoms with Crippen molar-refractivity contribution < 1.29 is 17.1 Å². The molecule has 0 amide bonds. The molecule has 0 rings (SSSR count). The Labute approximate surface area is 89.5 Å². The zero-order chi connectivity index (χ0) is 0. The van der Waals surface area contributed by atoms with Crippen LogP contribution in [-0.2, 0) is 17.1 Å². The summed E-state index contributed by atoms with van der Waals surface area (Å²) in [5.74, 6) is 0. The van der Waals surface area contributed by atoms with Crippen LogP contribution in [0.15, 0.2) is 0 Å². The number of rotatable bonds is 0. The van der Waals surface area contributed by atoms with E-state index in [2.05, 4.69) is 0 Å². The van der Waals surface area contributed by atoms with E-state index in [1.165, 1.54) is 0 Å². The Bertz CT molecular complexity index is 11.6. The molecule has 1 radical (unpaired) electrons. The average molecular weight is 326 g/mol. The third-order valence-electron chi connectivity index (χ3n) is 0. The summed E-state index contributed by atoms with van der Waals surface area (Å²) in [5, 5.41) is 0. The normalized spacial score (nSPS) is 0. The van der Waals surface area contributed by atoms with Gasteiger partial charge in [-0.05, 0) is 0 Å². The van der Waals surface area contributed by atoms with E-state index in [-0.39, 0.29) is 90.8 Å². The Morgan fingerprint density at radius 3 is 1.00 bits per heavy atom. The van der Waals surface area contributed by atoms with Gasteiger partial charge in [-0.25, -0.2) is 0 Å². The summed E-state index contributed by atoms with van der Waals surface area (Å²) in [6.45, 7) is 0. The van der Waals surface area contributed by atoms with Gasteiger partial charge in [-0.1, -0.05) is 0 Å². The van der Waals surface area contributed by atoms with Gasteiger partial charge in [-0.2, -0.15) is 13.5 Å². The van der Waals surface area contributed by atoms with Gasteiger partial charge < -0.3 is 0 Å². The molecule has 0 aliphatic carbocycles. The zero-order valence-corrected chi connectivity index (χ0v) is 5.34. The van der Waals surface area contributed by atoms with Crippen molar-refractivity contribution in [3.8, 4) is 0 Å². The Kier molecular flexibility index (Phi) is 270. The summed E-state index contributed by atoms with van der Waals surface area (Å²) >= 11 is 0. The van der Waals surface area contributed by atoms with Crippen LogP contribution in [0.5, 0.6) is 0 Å². The Hall–Kier alpha value is 2.79. The van der Waals surface area contributed by atoms with Gasteiger partial charge in [-0.15, -0.1) is 0 Å². The van der Waals surface area contributed by atoms with Gasteiger partial charge in [-0.3, -0.25) is 0 Å². The molecule has 0 nitrogen and oxygen atoms in total. The van der Waals surface area contributed by atoms with Crippen LogP contribution in [0.3, 0.4) is 0 Å². The molecule has 0 atom stereocenters. The monoisotopic (exact) mass is 327 g/mol. The van der Waals surface area contributed by atoms with Crippen molar-refractivity contribution in [2.75, 3.05) is 0 Å². The van der Waals surface area contributed by atoms with Crippen molar-refractivity contribution in [1.29, 1.82) is 0 Å². The number of hydrogen-bond acceptors (Lipinski definition) is 0. The van der Waals surface area contributed by atoms with Gasteiger partial charge in [0.05, 0.1) is 0 Å². The van der Waals surface area contributed by atoms with Crippen molar-refractivity contribution in [1.82, 2.24) is 0 Å². The molecule has 0 saturated heterocycles. The van der Waals surface area contributed by atoms with Crippen LogP contribution in [0.25, 0.3) is 0 Å². The van der Waals surface area contributed by atoms with Crippen molar-refractivity contribution in [2.24, 2.45) is 0 Å². The molecule has 5 heavy (non-hydrogen) atoms. The van der Waals surface area contributed by atoms with Gasteiger partial charge in [0.25, 0.3) is 0 Å². The third kappa shape index (κ3) is 20.0. The molecule has 0 fully saturated rings. The Balaban J connectivity index is 0. The van der Waals surface area contributed by atoms with E-state index in [0.717, 1.165) is 0 Å². The van der Waals surface area contributed by atoms with E-state index in [1.807, 2.05) is 0 Å². The Morgan fingerprint density at radius 2 is 1.00 bits per heavy atom. The van der Waals surface area contributed by atoms with Crippen LogP contribution in [0.2, 0.25) is 0 Å². The minimum absolute atomic E-state index is 0. The molecule has 0 aromatic rings. The van der Waals surface area contributed by atoms with Crippen molar-refractivity contribution in [3.63, 3.8) is 0 Å². The summed E-state index contributed by atoms with van der Waals surface area (Å²) in [7, 11) is 0. The number of hydrogen-bond donors (Lipinski definition) is 0. The first-order valence-corrected chi connectivity index (χ1v) is 0. The van der Waals surface area contributed by atoms with Crippen LogP contribution in [0, 0.1) is 0 Å². The fourth-order valence-electron chi connectivity index (χ4n) is 0. The molecule has 0 aliphatic heterocycles. The molecule has 0 N–H and O–H groups in total. The second-order valence-electron chi connectivity index (χ2n) is 0. The van der Waals surface area contributed by atoms with Gasteiger partial charge in [0.15, 0.2) is 17.4 Å². The van der Waals surface area contributed by atoms with Gasteiger partial charge in [0.1, 0.15) is 0 Å². The molecule has 0 unspecified atom stereocenters. The van der Waals surface area contributed by atoms with Crippen LogP contribution in [0.4, 0.5) is 0 Å². The first kappa shape index (κ1) is 46.1. The van der Waals surface area contributed by atoms with E-state index >= 15 is 0 Å². The van der Waals surface area contributed by atoms with Crippen molar-refractivity contribution in [2.45, 2.75) is 0 Å². The van der Waals surface area contributed by atoms with Gasteiger partial charge in [0.2, 0.25) is 0 Å². The molecule has 0 bridgehead atoms. The first-order valence-electron chi connectivity index (χ1n) is 0. The predicted molar refractivity (Wildman–Crippen MR) is 38.8 cm³/mol. The van der Waals surface area contributed by atoms with Gasteiger partial charge in [0, 0.05) is 17.1 Å². The molecular formula is H10AlCuInSSe. The molecule has 0 aromatic heterocycles. The fraction of sp³-hybridized carbons (Fsp3) is 0. The standard InChI is InChI=1S/Al.Cu.In.H2S.H2Se.6H/h;;;2*1H2;;;;;;. The average Bonchev–Trinajstić information content (AvgIpc) is 0. The Morgan fingerprint density at radius 1 is 1.00 bits per heavy atom. The zero-order valence-electron chi connectivity index (χ0n) is 1.30. The first-order chi connectivity index (χ1) is 0. The fourth-order valence-corrected chi connectivity index (χ4v) is 0. The summed E-state index contributed by atoms with van der Waals surface area (Å²) in [6, 6.07) is 0. The molecule has 0 aliphatic rings. The summed E-state index contributed by atoms with van der Waals surface area (Å²) in [4.78, 5) is 0. The van der Waals surface area contributed by atoms with E-state index in [0.29, 0.717) is 0 Å². The van der Waals surface area contributed by atoms with E-state index in [9.17, 15) is 0 Å². The second-order valence-corrected chi connectivity index (χ2v) is 0. The second kappa shape index (κ2) is 29.2. The summed E-state index contributed by atoms with van der Waals surface area (Å²) in [5.41, 5.74) is 0. The molecule has 39 valence electrons. The summed E-state index contributed by atoms with van der Waals surface area (Å²) < 4.78 is 0. The topological polar surface area (TPSA) is 0 Å². The van der Waals surface area contributed by atoms with E-state index in [4.69, 9.17) is 0 Å². The van der Waals surface area contributed by atoms with E-state index in [1.54, 1.807) is 0 Å². The molecule has 0 spiro atoms. The van der Waals surface area contributed by atoms with Crippen LogP contribution in [-0.4, -0.2) is 60.3 Å². The predicted octanol–water partition coefficient (Wildman–Crippen LogP) is -3.17. The SMILES string of the molecule is S.[AlH3].[Cu].[InH3].[SeH2]. The molecule has 0 aromatic carbocycles. The van der Waals surface area contributed by atoms with Crippen molar-refractivity contribution in [3.05, 3.63) is 0 Å². The maximum absolute atomic E-state index is 0. The summed E-state index contributed by atoms with van der Waals surface area (Å²) in [6.07, 6.45) is 0. The van der Waals surface area contributed by atoms with Crippen molar-refractivity contribution >= 4 is 73.8 Å². The maximum atomic E-state index is 0. The molecule has 5 heteroatoms. The molecule has 0 heterocycles. The quantitative estimate of drug-likeness (QED) is 0.412. The van der Waals surface area contributed by atoms with Crippen LogP contribution < -0.4 is 0 Å².